The second-order valence-corrected chi connectivity index (χ2v) is 8.59. The van der Waals surface area contributed by atoms with Crippen molar-refractivity contribution in [3.63, 3.8) is 0 Å². The van der Waals surface area contributed by atoms with Gasteiger partial charge in [0.1, 0.15) is 5.75 Å². The summed E-state index contributed by atoms with van der Waals surface area (Å²) in [6.45, 7) is 2.48. The molecule has 162 valence electrons. The van der Waals surface area contributed by atoms with Crippen LogP contribution >= 0.6 is 27.7 Å². The molecule has 0 bridgehead atoms. The Bertz CT molecular complexity index is 1320. The lowest BCUT2D eigenvalue weighted by Gasteiger charge is -2.14. The number of nitrogens with zero attached hydrogens (tertiary/aromatic N) is 2. The summed E-state index contributed by atoms with van der Waals surface area (Å²) >= 11 is 4.64. The largest absolute Gasteiger partial charge is 0.494 e. The zero-order valence-electron chi connectivity index (χ0n) is 17.2. The van der Waals surface area contributed by atoms with E-state index in [4.69, 9.17) is 4.74 Å². The Morgan fingerprint density at radius 3 is 2.53 bits per heavy atom. The van der Waals surface area contributed by atoms with E-state index in [-0.39, 0.29) is 17.2 Å². The lowest BCUT2D eigenvalue weighted by Crippen LogP contribution is -2.23. The SMILES string of the molecule is CCOc1ccc(-n2c(SCC(=O)Nc3ccccc3Br)nc3ccccc3c2=O)cc1. The summed E-state index contributed by atoms with van der Waals surface area (Å²) in [6.07, 6.45) is 0. The van der Waals surface area contributed by atoms with Crippen molar-refractivity contribution in [2.24, 2.45) is 0 Å². The van der Waals surface area contributed by atoms with Crippen molar-refractivity contribution < 1.29 is 9.53 Å². The number of fused-ring (bicyclic) bond motifs is 1. The standard InChI is InChI=1S/C24H20BrN3O3S/c1-2-31-17-13-11-16(12-14-17)28-23(30)18-7-3-5-9-20(18)27-24(28)32-15-22(29)26-21-10-6-4-8-19(21)25/h3-14H,2,15H2,1H3,(H,26,29). The van der Waals surface area contributed by atoms with Crippen molar-refractivity contribution in [1.82, 2.24) is 9.55 Å². The molecule has 0 aliphatic heterocycles. The van der Waals surface area contributed by atoms with Gasteiger partial charge in [-0.15, -0.1) is 0 Å². The third kappa shape index (κ3) is 4.87. The molecule has 6 nitrogen and oxygen atoms in total. The fourth-order valence-corrected chi connectivity index (χ4v) is 4.37. The number of halogens is 1. The highest BCUT2D eigenvalue weighted by Gasteiger charge is 2.15. The zero-order valence-corrected chi connectivity index (χ0v) is 19.7. The topological polar surface area (TPSA) is 73.2 Å². The molecule has 0 fully saturated rings. The Balaban J connectivity index is 1.66. The van der Waals surface area contributed by atoms with Crippen molar-refractivity contribution in [3.05, 3.63) is 87.6 Å². The summed E-state index contributed by atoms with van der Waals surface area (Å²) in [7, 11) is 0. The maximum absolute atomic E-state index is 13.3. The molecule has 0 atom stereocenters. The van der Waals surface area contributed by atoms with Crippen molar-refractivity contribution >= 4 is 50.2 Å². The highest BCUT2D eigenvalue weighted by Crippen LogP contribution is 2.25. The second-order valence-electron chi connectivity index (χ2n) is 6.80. The molecule has 1 heterocycles. The number of hydrogen-bond donors (Lipinski definition) is 1. The van der Waals surface area contributed by atoms with Gasteiger partial charge >= 0.3 is 0 Å². The summed E-state index contributed by atoms with van der Waals surface area (Å²) in [5.41, 5.74) is 1.75. The summed E-state index contributed by atoms with van der Waals surface area (Å²) in [5, 5.41) is 3.84. The van der Waals surface area contributed by atoms with Gasteiger partial charge in [0, 0.05) is 4.47 Å². The van der Waals surface area contributed by atoms with Crippen molar-refractivity contribution in [2.45, 2.75) is 12.1 Å². The van der Waals surface area contributed by atoms with E-state index in [0.717, 1.165) is 10.2 Å². The maximum atomic E-state index is 13.3. The average molecular weight is 510 g/mol. The van der Waals surface area contributed by atoms with Crippen LogP contribution in [-0.4, -0.2) is 27.8 Å². The number of nitrogens with one attached hydrogen (secondary N) is 1. The number of aromatic nitrogens is 2. The van der Waals surface area contributed by atoms with Crippen molar-refractivity contribution in [2.75, 3.05) is 17.7 Å². The van der Waals surface area contributed by atoms with Gasteiger partial charge in [-0.1, -0.05) is 36.0 Å². The number of amides is 1. The van der Waals surface area contributed by atoms with Crippen molar-refractivity contribution in [1.29, 1.82) is 0 Å². The predicted octanol–water partition coefficient (Wildman–Crippen LogP) is 5.28. The predicted molar refractivity (Wildman–Crippen MR) is 132 cm³/mol. The highest BCUT2D eigenvalue weighted by atomic mass is 79.9. The average Bonchev–Trinajstić information content (AvgIpc) is 2.80. The highest BCUT2D eigenvalue weighted by molar-refractivity contribution is 9.10. The van der Waals surface area contributed by atoms with Crippen molar-refractivity contribution in [3.8, 4) is 11.4 Å². The number of carbonyl (C=O) groups excluding carboxylic acids is 1. The molecule has 4 rings (SSSR count). The van der Waals surface area contributed by atoms with Gasteiger partial charge in [0.15, 0.2) is 5.16 Å². The Morgan fingerprint density at radius 1 is 1.06 bits per heavy atom. The summed E-state index contributed by atoms with van der Waals surface area (Å²) in [5.74, 6) is 0.631. The molecule has 0 saturated carbocycles. The van der Waals surface area contributed by atoms with E-state index in [1.807, 2.05) is 67.6 Å². The molecule has 1 amide bonds. The van der Waals surface area contributed by atoms with Gasteiger partial charge in [0.25, 0.3) is 5.56 Å². The van der Waals surface area contributed by atoms with E-state index in [2.05, 4.69) is 26.2 Å². The van der Waals surface area contributed by atoms with Crippen LogP contribution in [0.2, 0.25) is 0 Å². The second kappa shape index (κ2) is 10.0. The summed E-state index contributed by atoms with van der Waals surface area (Å²) in [4.78, 5) is 30.6. The lowest BCUT2D eigenvalue weighted by molar-refractivity contribution is -0.113. The number of thioether (sulfide) groups is 1. The Morgan fingerprint density at radius 2 is 1.78 bits per heavy atom. The molecule has 0 radical (unpaired) electrons. The first-order valence-electron chi connectivity index (χ1n) is 9.99. The molecule has 3 aromatic carbocycles. The third-order valence-corrected chi connectivity index (χ3v) is 6.26. The van der Waals surface area contributed by atoms with E-state index < -0.39 is 0 Å². The minimum absolute atomic E-state index is 0.100. The fraction of sp³-hybridized carbons (Fsp3) is 0.125. The van der Waals surface area contributed by atoms with Crippen LogP contribution in [0, 0.1) is 0 Å². The number of anilines is 1. The van der Waals surface area contributed by atoms with Gasteiger partial charge in [0.2, 0.25) is 5.91 Å². The Kier molecular flexibility index (Phi) is 6.92. The summed E-state index contributed by atoms with van der Waals surface area (Å²) < 4.78 is 7.84. The number of carbonyl (C=O) groups is 1. The van der Waals surface area contributed by atoms with Crippen LogP contribution < -0.4 is 15.6 Å². The van der Waals surface area contributed by atoms with Crippen LogP contribution in [0.15, 0.2) is 87.2 Å². The lowest BCUT2D eigenvalue weighted by atomic mass is 10.2. The van der Waals surface area contributed by atoms with E-state index in [0.29, 0.717) is 34.0 Å². The normalized spacial score (nSPS) is 10.8. The van der Waals surface area contributed by atoms with Gasteiger partial charge in [0.05, 0.1) is 34.6 Å². The molecular formula is C24H20BrN3O3S. The van der Waals surface area contributed by atoms with Crippen LogP contribution in [0.1, 0.15) is 6.92 Å². The van der Waals surface area contributed by atoms with Gasteiger partial charge in [-0.05, 0) is 71.4 Å². The third-order valence-electron chi connectivity index (χ3n) is 4.63. The van der Waals surface area contributed by atoms with Crippen LogP contribution in [0.5, 0.6) is 5.75 Å². The number of para-hydroxylation sites is 2. The minimum Gasteiger partial charge on any atom is -0.494 e. The Hall–Kier alpha value is -3.10. The van der Waals surface area contributed by atoms with Gasteiger partial charge in [-0.3, -0.25) is 14.2 Å². The summed E-state index contributed by atoms with van der Waals surface area (Å²) in [6, 6.07) is 21.9. The van der Waals surface area contributed by atoms with Gasteiger partial charge in [-0.2, -0.15) is 0 Å². The molecule has 1 aromatic heterocycles. The monoisotopic (exact) mass is 509 g/mol. The quantitative estimate of drug-likeness (QED) is 0.271. The molecular weight excluding hydrogens is 490 g/mol. The number of rotatable bonds is 7. The van der Waals surface area contributed by atoms with E-state index in [1.165, 1.54) is 16.3 Å². The maximum Gasteiger partial charge on any atom is 0.266 e. The molecule has 0 aliphatic rings. The molecule has 0 aliphatic carbocycles. The number of ether oxygens (including phenoxy) is 1. The smallest absolute Gasteiger partial charge is 0.266 e. The first-order chi connectivity index (χ1) is 15.6. The van der Waals surface area contributed by atoms with Crippen LogP contribution in [-0.2, 0) is 4.79 Å². The van der Waals surface area contributed by atoms with Crippen LogP contribution in [0.3, 0.4) is 0 Å². The fourth-order valence-electron chi connectivity index (χ4n) is 3.17. The molecule has 8 heteroatoms. The van der Waals surface area contributed by atoms with Gasteiger partial charge < -0.3 is 10.1 Å². The molecule has 0 spiro atoms. The van der Waals surface area contributed by atoms with Crippen LogP contribution in [0.25, 0.3) is 16.6 Å². The first kappa shape index (κ1) is 22.1. The zero-order chi connectivity index (χ0) is 22.5. The molecule has 4 aromatic rings. The number of benzene rings is 3. The minimum atomic E-state index is -0.192. The van der Waals surface area contributed by atoms with E-state index in [1.54, 1.807) is 12.1 Å². The van der Waals surface area contributed by atoms with Gasteiger partial charge in [-0.25, -0.2) is 4.98 Å². The molecule has 0 unspecified atom stereocenters. The first-order valence-corrected chi connectivity index (χ1v) is 11.8. The van der Waals surface area contributed by atoms with E-state index in [9.17, 15) is 9.59 Å². The Labute approximate surface area is 197 Å². The molecule has 32 heavy (non-hydrogen) atoms. The molecule has 1 N–H and O–H groups in total. The molecule has 0 saturated heterocycles. The van der Waals surface area contributed by atoms with Crippen LogP contribution in [0.4, 0.5) is 5.69 Å². The van der Waals surface area contributed by atoms with E-state index >= 15 is 0 Å². The number of hydrogen-bond acceptors (Lipinski definition) is 5.